The van der Waals surface area contributed by atoms with Crippen LogP contribution in [0.1, 0.15) is 45.1 Å². The van der Waals surface area contributed by atoms with E-state index in [0.717, 1.165) is 36.8 Å². The lowest BCUT2D eigenvalue weighted by Gasteiger charge is -2.28. The van der Waals surface area contributed by atoms with E-state index in [0.29, 0.717) is 19.2 Å². The highest BCUT2D eigenvalue weighted by Crippen LogP contribution is 2.23. The number of guanidine groups is 1. The van der Waals surface area contributed by atoms with Crippen LogP contribution in [0.3, 0.4) is 0 Å². The highest BCUT2D eigenvalue weighted by atomic mass is 32.2. The van der Waals surface area contributed by atoms with Crippen LogP contribution in [0, 0.1) is 5.92 Å². The molecule has 1 aliphatic carbocycles. The zero-order valence-corrected chi connectivity index (χ0v) is 18.0. The fourth-order valence-corrected chi connectivity index (χ4v) is 4.34. The molecule has 8 heteroatoms. The average Bonchev–Trinajstić information content (AvgIpc) is 2.68. The summed E-state index contributed by atoms with van der Waals surface area (Å²) in [5.74, 6) is 1.59. The Bertz CT molecular complexity index is 729. The molecule has 2 rings (SSSR count). The first-order valence-electron chi connectivity index (χ1n) is 10.1. The van der Waals surface area contributed by atoms with E-state index in [1.54, 1.807) is 18.2 Å². The third kappa shape index (κ3) is 7.41. The molecule has 3 N–H and O–H groups in total. The minimum atomic E-state index is -3.54. The zero-order chi connectivity index (χ0) is 20.4. The first-order chi connectivity index (χ1) is 13.4. The van der Waals surface area contributed by atoms with Crippen LogP contribution in [0.4, 0.5) is 0 Å². The minimum absolute atomic E-state index is 0.246. The Morgan fingerprint density at radius 3 is 2.68 bits per heavy atom. The third-order valence-electron chi connectivity index (χ3n) is 4.93. The molecule has 0 amide bonds. The van der Waals surface area contributed by atoms with Crippen LogP contribution in [0.5, 0.6) is 0 Å². The Labute approximate surface area is 169 Å². The van der Waals surface area contributed by atoms with E-state index in [-0.39, 0.29) is 11.4 Å². The van der Waals surface area contributed by atoms with Crippen molar-refractivity contribution in [1.29, 1.82) is 0 Å². The SMILES string of the molecule is CCNC(=NCc1cccc(S(=O)(=O)NCCOC)c1)NC1CCC(C)CC1. The lowest BCUT2D eigenvalue weighted by molar-refractivity contribution is 0.204. The van der Waals surface area contributed by atoms with Gasteiger partial charge in [-0.15, -0.1) is 0 Å². The van der Waals surface area contributed by atoms with Crippen LogP contribution in [-0.2, 0) is 21.3 Å². The van der Waals surface area contributed by atoms with Gasteiger partial charge < -0.3 is 15.4 Å². The molecule has 1 saturated carbocycles. The summed E-state index contributed by atoms with van der Waals surface area (Å²) in [4.78, 5) is 4.90. The summed E-state index contributed by atoms with van der Waals surface area (Å²) in [7, 11) is -2.00. The number of methoxy groups -OCH3 is 1. The minimum Gasteiger partial charge on any atom is -0.383 e. The van der Waals surface area contributed by atoms with Gasteiger partial charge in [0.1, 0.15) is 0 Å². The molecule has 0 saturated heterocycles. The van der Waals surface area contributed by atoms with Crippen molar-refractivity contribution in [1.82, 2.24) is 15.4 Å². The summed E-state index contributed by atoms with van der Waals surface area (Å²) >= 11 is 0. The summed E-state index contributed by atoms with van der Waals surface area (Å²) in [5.41, 5.74) is 0.851. The molecule has 0 atom stereocenters. The molecule has 158 valence electrons. The van der Waals surface area contributed by atoms with E-state index < -0.39 is 10.0 Å². The number of ether oxygens (including phenoxy) is 1. The number of nitrogens with zero attached hydrogens (tertiary/aromatic N) is 1. The summed E-state index contributed by atoms with van der Waals surface area (Å²) in [5, 5.41) is 6.81. The van der Waals surface area contributed by atoms with Gasteiger partial charge in [0.2, 0.25) is 10.0 Å². The average molecular weight is 411 g/mol. The molecule has 7 nitrogen and oxygen atoms in total. The lowest BCUT2D eigenvalue weighted by atomic mass is 9.87. The fraction of sp³-hybridized carbons (Fsp3) is 0.650. The van der Waals surface area contributed by atoms with Crippen molar-refractivity contribution in [3.8, 4) is 0 Å². The summed E-state index contributed by atoms with van der Waals surface area (Å²) in [6.45, 7) is 6.13. The van der Waals surface area contributed by atoms with Gasteiger partial charge in [0.05, 0.1) is 18.0 Å². The van der Waals surface area contributed by atoms with Crippen molar-refractivity contribution in [2.24, 2.45) is 10.9 Å². The second kappa shape index (κ2) is 11.4. The van der Waals surface area contributed by atoms with Crippen LogP contribution in [0.2, 0.25) is 0 Å². The molecule has 0 aromatic heterocycles. The Hall–Kier alpha value is -1.64. The second-order valence-corrected chi connectivity index (χ2v) is 9.10. The number of rotatable bonds is 9. The topological polar surface area (TPSA) is 91.8 Å². The largest absolute Gasteiger partial charge is 0.383 e. The predicted octanol–water partition coefficient (Wildman–Crippen LogP) is 2.25. The van der Waals surface area contributed by atoms with Crippen molar-refractivity contribution in [2.45, 2.75) is 57.0 Å². The van der Waals surface area contributed by atoms with Gasteiger partial charge in [-0.1, -0.05) is 19.1 Å². The molecule has 1 aliphatic rings. The smallest absolute Gasteiger partial charge is 0.240 e. The van der Waals surface area contributed by atoms with Crippen molar-refractivity contribution < 1.29 is 13.2 Å². The van der Waals surface area contributed by atoms with Crippen LogP contribution in [0.25, 0.3) is 0 Å². The van der Waals surface area contributed by atoms with Crippen LogP contribution < -0.4 is 15.4 Å². The van der Waals surface area contributed by atoms with E-state index >= 15 is 0 Å². The molecule has 0 heterocycles. The molecule has 0 bridgehead atoms. The van der Waals surface area contributed by atoms with E-state index in [9.17, 15) is 8.42 Å². The number of sulfonamides is 1. The van der Waals surface area contributed by atoms with E-state index in [4.69, 9.17) is 4.74 Å². The summed E-state index contributed by atoms with van der Waals surface area (Å²) < 4.78 is 32.2. The Morgan fingerprint density at radius 1 is 1.25 bits per heavy atom. The van der Waals surface area contributed by atoms with Gasteiger partial charge in [-0.2, -0.15) is 0 Å². The molecule has 1 aromatic carbocycles. The first-order valence-corrected chi connectivity index (χ1v) is 11.5. The van der Waals surface area contributed by atoms with Gasteiger partial charge in [-0.25, -0.2) is 18.1 Å². The summed E-state index contributed by atoms with van der Waals surface area (Å²) in [6, 6.07) is 7.35. The van der Waals surface area contributed by atoms with Crippen LogP contribution in [0.15, 0.2) is 34.2 Å². The van der Waals surface area contributed by atoms with E-state index in [1.165, 1.54) is 20.0 Å². The van der Waals surface area contributed by atoms with Gasteiger partial charge >= 0.3 is 0 Å². The maximum absolute atomic E-state index is 12.4. The molecule has 28 heavy (non-hydrogen) atoms. The van der Waals surface area contributed by atoms with Crippen molar-refractivity contribution >= 4 is 16.0 Å². The highest BCUT2D eigenvalue weighted by molar-refractivity contribution is 7.89. The normalized spacial score (nSPS) is 20.8. The van der Waals surface area contributed by atoms with Crippen molar-refractivity contribution in [3.05, 3.63) is 29.8 Å². The maximum atomic E-state index is 12.4. The molecule has 0 radical (unpaired) electrons. The van der Waals surface area contributed by atoms with Gasteiger partial charge in [0.15, 0.2) is 5.96 Å². The van der Waals surface area contributed by atoms with E-state index in [1.807, 2.05) is 13.0 Å². The Balaban J connectivity index is 2.01. The van der Waals surface area contributed by atoms with Crippen LogP contribution >= 0.6 is 0 Å². The monoisotopic (exact) mass is 410 g/mol. The number of hydrogen-bond acceptors (Lipinski definition) is 4. The number of nitrogens with one attached hydrogen (secondary N) is 3. The zero-order valence-electron chi connectivity index (χ0n) is 17.2. The fourth-order valence-electron chi connectivity index (χ4n) is 3.26. The number of aliphatic imine (C=N–C) groups is 1. The third-order valence-corrected chi connectivity index (χ3v) is 6.39. The van der Waals surface area contributed by atoms with Gasteiger partial charge in [0.25, 0.3) is 0 Å². The second-order valence-electron chi connectivity index (χ2n) is 7.33. The first kappa shape index (κ1) is 22.6. The van der Waals surface area contributed by atoms with Crippen molar-refractivity contribution in [3.63, 3.8) is 0 Å². The lowest BCUT2D eigenvalue weighted by Crippen LogP contribution is -2.44. The maximum Gasteiger partial charge on any atom is 0.240 e. The number of benzene rings is 1. The van der Waals surface area contributed by atoms with Crippen LogP contribution in [-0.4, -0.2) is 47.2 Å². The Kier molecular flexibility index (Phi) is 9.21. The summed E-state index contributed by atoms with van der Waals surface area (Å²) in [6.07, 6.45) is 4.80. The molecule has 0 unspecified atom stereocenters. The van der Waals surface area contributed by atoms with Gasteiger partial charge in [-0.3, -0.25) is 0 Å². The molecule has 0 aliphatic heterocycles. The molecular formula is C20H34N4O3S. The van der Waals surface area contributed by atoms with E-state index in [2.05, 4.69) is 27.3 Å². The molecular weight excluding hydrogens is 376 g/mol. The Morgan fingerprint density at radius 2 is 2.00 bits per heavy atom. The molecule has 0 spiro atoms. The van der Waals surface area contributed by atoms with Crippen molar-refractivity contribution in [2.75, 3.05) is 26.8 Å². The standard InChI is InChI=1S/C20H34N4O3S/c1-4-21-20(24-18-10-8-16(2)9-11-18)22-15-17-6-5-7-19(14-17)28(25,26)23-12-13-27-3/h5-7,14,16,18,23H,4,8-13,15H2,1-3H3,(H2,21,22,24). The predicted molar refractivity (Wildman–Crippen MR) is 113 cm³/mol. The quantitative estimate of drug-likeness (QED) is 0.330. The molecule has 1 aromatic rings. The highest BCUT2D eigenvalue weighted by Gasteiger charge is 2.19. The molecule has 1 fully saturated rings. The van der Waals surface area contributed by atoms with Gasteiger partial charge in [0, 0.05) is 26.2 Å². The number of hydrogen-bond donors (Lipinski definition) is 3. The van der Waals surface area contributed by atoms with Gasteiger partial charge in [-0.05, 0) is 56.2 Å².